The maximum absolute atomic E-state index is 4.49. The number of aliphatic imine (C=N–C) groups is 1. The summed E-state index contributed by atoms with van der Waals surface area (Å²) >= 11 is 3.36. The largest absolute Gasteiger partial charge is 0.386 e. The van der Waals surface area contributed by atoms with Crippen LogP contribution in [0.15, 0.2) is 28.2 Å². The molecular weight excluding hydrogens is 190 g/mol. The SMILES string of the molecule is C1=CN2C[n+]3ccsc3N=C2S1. The highest BCUT2D eigenvalue weighted by Crippen LogP contribution is 2.27. The predicted molar refractivity (Wildman–Crippen MR) is 50.2 cm³/mol. The van der Waals surface area contributed by atoms with E-state index in [1.54, 1.807) is 23.1 Å². The van der Waals surface area contributed by atoms with E-state index in [1.165, 1.54) is 0 Å². The molecule has 60 valence electrons. The molecule has 0 atom stereocenters. The number of fused-ring (bicyclic) bond motifs is 2. The smallest absolute Gasteiger partial charge is 0.268 e. The highest BCUT2D eigenvalue weighted by atomic mass is 32.2. The van der Waals surface area contributed by atoms with Crippen LogP contribution in [0.4, 0.5) is 5.13 Å². The van der Waals surface area contributed by atoms with Crippen molar-refractivity contribution in [3.63, 3.8) is 0 Å². The number of nitrogens with zero attached hydrogens (tertiary/aromatic N) is 3. The molecule has 2 aliphatic rings. The van der Waals surface area contributed by atoms with Crippen LogP contribution in [0.5, 0.6) is 0 Å². The highest BCUT2D eigenvalue weighted by Gasteiger charge is 2.29. The minimum absolute atomic E-state index is 0.904. The van der Waals surface area contributed by atoms with Gasteiger partial charge >= 0.3 is 5.13 Å². The molecule has 0 aliphatic carbocycles. The molecule has 0 radical (unpaired) electrons. The first-order valence-electron chi connectivity index (χ1n) is 3.59. The minimum Gasteiger partial charge on any atom is -0.268 e. The zero-order valence-corrected chi connectivity index (χ0v) is 7.81. The summed E-state index contributed by atoms with van der Waals surface area (Å²) in [5, 5.41) is 6.32. The third-order valence-electron chi connectivity index (χ3n) is 1.82. The van der Waals surface area contributed by atoms with Gasteiger partial charge in [-0.05, 0) is 22.2 Å². The second kappa shape index (κ2) is 2.34. The van der Waals surface area contributed by atoms with Crippen molar-refractivity contribution in [3.05, 3.63) is 23.2 Å². The van der Waals surface area contributed by atoms with Gasteiger partial charge in [0, 0.05) is 11.6 Å². The number of hydrogen-bond acceptors (Lipinski definition) is 4. The number of thiazole rings is 1. The predicted octanol–water partition coefficient (Wildman–Crippen LogP) is 1.51. The van der Waals surface area contributed by atoms with E-state index in [-0.39, 0.29) is 0 Å². The van der Waals surface area contributed by atoms with Gasteiger partial charge in [0.05, 0.1) is 0 Å². The van der Waals surface area contributed by atoms with Gasteiger partial charge in [0.1, 0.15) is 6.20 Å². The van der Waals surface area contributed by atoms with Gasteiger partial charge in [-0.1, -0.05) is 11.3 Å². The third-order valence-corrected chi connectivity index (χ3v) is 3.40. The van der Waals surface area contributed by atoms with Gasteiger partial charge in [-0.2, -0.15) is 0 Å². The average Bonchev–Trinajstić information content (AvgIpc) is 2.64. The third kappa shape index (κ3) is 0.834. The van der Waals surface area contributed by atoms with Gasteiger partial charge in [-0.15, -0.1) is 0 Å². The molecule has 0 saturated carbocycles. The van der Waals surface area contributed by atoms with E-state index >= 15 is 0 Å². The highest BCUT2D eigenvalue weighted by molar-refractivity contribution is 8.16. The second-order valence-corrected chi connectivity index (χ2v) is 4.31. The summed E-state index contributed by atoms with van der Waals surface area (Å²) in [6, 6.07) is 0. The van der Waals surface area contributed by atoms with E-state index in [1.807, 2.05) is 0 Å². The van der Waals surface area contributed by atoms with E-state index in [0.717, 1.165) is 17.0 Å². The van der Waals surface area contributed by atoms with E-state index in [9.17, 15) is 0 Å². The van der Waals surface area contributed by atoms with Crippen LogP contribution in [0.1, 0.15) is 0 Å². The number of aromatic nitrogens is 1. The van der Waals surface area contributed by atoms with E-state index in [2.05, 4.69) is 37.6 Å². The van der Waals surface area contributed by atoms with Crippen LogP contribution in [0.25, 0.3) is 0 Å². The van der Waals surface area contributed by atoms with Crippen molar-refractivity contribution in [3.8, 4) is 0 Å². The van der Waals surface area contributed by atoms with Gasteiger partial charge in [0.15, 0.2) is 6.67 Å². The monoisotopic (exact) mass is 196 g/mol. The molecule has 3 nitrogen and oxygen atoms in total. The van der Waals surface area contributed by atoms with Crippen molar-refractivity contribution in [2.24, 2.45) is 4.99 Å². The molecule has 12 heavy (non-hydrogen) atoms. The molecule has 0 N–H and O–H groups in total. The van der Waals surface area contributed by atoms with Crippen LogP contribution in [-0.2, 0) is 6.67 Å². The summed E-state index contributed by atoms with van der Waals surface area (Å²) in [6.45, 7) is 0.904. The fraction of sp³-hybridized carbons (Fsp3) is 0.143. The topological polar surface area (TPSA) is 19.5 Å². The van der Waals surface area contributed by atoms with E-state index in [4.69, 9.17) is 0 Å². The molecule has 5 heteroatoms. The molecule has 2 aliphatic heterocycles. The summed E-state index contributed by atoms with van der Waals surface area (Å²) in [5.41, 5.74) is 0. The van der Waals surface area contributed by atoms with Crippen LogP contribution in [-0.4, -0.2) is 10.1 Å². The molecule has 0 unspecified atom stereocenters. The van der Waals surface area contributed by atoms with Crippen LogP contribution in [0.2, 0.25) is 0 Å². The molecule has 0 spiro atoms. The van der Waals surface area contributed by atoms with Crippen molar-refractivity contribution in [1.29, 1.82) is 0 Å². The normalized spacial score (nSPS) is 19.0. The average molecular weight is 196 g/mol. The van der Waals surface area contributed by atoms with E-state index in [0.29, 0.717) is 0 Å². The Kier molecular flexibility index (Phi) is 1.30. The Labute approximate surface area is 78.0 Å². The van der Waals surface area contributed by atoms with Crippen LogP contribution < -0.4 is 4.57 Å². The van der Waals surface area contributed by atoms with Crippen molar-refractivity contribution >= 4 is 33.4 Å². The fourth-order valence-electron chi connectivity index (χ4n) is 1.23. The lowest BCUT2D eigenvalue weighted by atomic mass is 10.7. The Balaban J connectivity index is 2.13. The summed E-state index contributed by atoms with van der Waals surface area (Å²) in [7, 11) is 0. The van der Waals surface area contributed by atoms with Crippen molar-refractivity contribution in [1.82, 2.24) is 4.90 Å². The molecule has 3 rings (SSSR count). The van der Waals surface area contributed by atoms with E-state index < -0.39 is 0 Å². The zero-order chi connectivity index (χ0) is 7.97. The molecule has 3 heterocycles. The van der Waals surface area contributed by atoms with Gasteiger partial charge in [-0.3, -0.25) is 4.90 Å². The lowest BCUT2D eigenvalue weighted by Gasteiger charge is -2.13. The van der Waals surface area contributed by atoms with Crippen molar-refractivity contribution < 1.29 is 4.57 Å². The molecular formula is C7H6N3S2+. The summed E-state index contributed by atoms with van der Waals surface area (Å²) in [6.07, 6.45) is 4.13. The molecule has 0 amide bonds. The van der Waals surface area contributed by atoms with Gasteiger partial charge in [-0.25, -0.2) is 4.57 Å². The summed E-state index contributed by atoms with van der Waals surface area (Å²) in [4.78, 5) is 6.64. The second-order valence-electron chi connectivity index (χ2n) is 2.56. The maximum atomic E-state index is 4.49. The molecule has 0 aromatic carbocycles. The van der Waals surface area contributed by atoms with Crippen LogP contribution in [0, 0.1) is 0 Å². The molecule has 1 aromatic rings. The molecule has 0 saturated heterocycles. The number of thioether (sulfide) groups is 1. The Hall–Kier alpha value is -0.810. The number of hydrogen-bond donors (Lipinski definition) is 0. The Morgan fingerprint density at radius 1 is 1.58 bits per heavy atom. The summed E-state index contributed by atoms with van der Waals surface area (Å²) in [5.74, 6) is 0. The van der Waals surface area contributed by atoms with Crippen LogP contribution >= 0.6 is 23.1 Å². The van der Waals surface area contributed by atoms with Crippen LogP contribution in [0.3, 0.4) is 0 Å². The molecule has 0 fully saturated rings. The fourth-order valence-corrected chi connectivity index (χ4v) is 2.74. The number of rotatable bonds is 0. The minimum atomic E-state index is 0.904. The lowest BCUT2D eigenvalue weighted by Crippen LogP contribution is -2.44. The molecule has 1 aromatic heterocycles. The standard InChI is InChI=1S/C7H6N3S2/c1-3-11-6-8-7-10(2-4-12-7)5-9(1)6/h1-4H,5H2/q+1. The Morgan fingerprint density at radius 3 is 3.58 bits per heavy atom. The quantitative estimate of drug-likeness (QED) is 0.586. The number of amidine groups is 1. The first kappa shape index (κ1) is 6.68. The maximum Gasteiger partial charge on any atom is 0.386 e. The first-order valence-corrected chi connectivity index (χ1v) is 5.35. The first-order chi connectivity index (χ1) is 5.93. The van der Waals surface area contributed by atoms with Crippen molar-refractivity contribution in [2.45, 2.75) is 6.67 Å². The lowest BCUT2D eigenvalue weighted by molar-refractivity contribution is -0.695. The Morgan fingerprint density at radius 2 is 2.58 bits per heavy atom. The summed E-state index contributed by atoms with van der Waals surface area (Å²) < 4.78 is 2.14. The van der Waals surface area contributed by atoms with Gasteiger partial charge in [0.2, 0.25) is 0 Å². The zero-order valence-electron chi connectivity index (χ0n) is 6.17. The molecule has 0 bridgehead atoms. The Bertz CT molecular complexity index is 380. The van der Waals surface area contributed by atoms with Crippen molar-refractivity contribution in [2.75, 3.05) is 0 Å². The van der Waals surface area contributed by atoms with Gasteiger partial charge < -0.3 is 0 Å². The van der Waals surface area contributed by atoms with Gasteiger partial charge in [0.25, 0.3) is 5.17 Å².